The number of methoxy groups -OCH3 is 1. The Morgan fingerprint density at radius 3 is 1.93 bits per heavy atom. The Morgan fingerprint density at radius 1 is 0.702 bits per heavy atom. The second-order valence-electron chi connectivity index (χ2n) is 11.4. The average Bonchev–Trinajstić information content (AvgIpc) is 3.09. The highest BCUT2D eigenvalue weighted by molar-refractivity contribution is 7.91. The van der Waals surface area contributed by atoms with E-state index >= 15 is 0 Å². The molecule has 0 fully saturated rings. The molecule has 23 nitrogen and oxygen atoms in total. The number of anilines is 3. The third-order valence-corrected chi connectivity index (χ3v) is 11.1. The van der Waals surface area contributed by atoms with E-state index in [1.807, 2.05) is 0 Å². The molecule has 0 bridgehead atoms. The molecule has 0 saturated carbocycles. The van der Waals surface area contributed by atoms with Crippen LogP contribution in [0.15, 0.2) is 106 Å². The molecule has 0 aromatic heterocycles. The van der Waals surface area contributed by atoms with Crippen LogP contribution in [0.1, 0.15) is 12.5 Å². The predicted molar refractivity (Wildman–Crippen MR) is 202 cm³/mol. The number of aryl methyl sites for hydroxylation is 1. The second-order valence-corrected chi connectivity index (χ2v) is 17.4. The molecule has 0 unspecified atom stereocenters. The van der Waals surface area contributed by atoms with Crippen LogP contribution in [0.25, 0.3) is 0 Å². The summed E-state index contributed by atoms with van der Waals surface area (Å²) < 4.78 is 133. The quantitative estimate of drug-likeness (QED) is 0.0490. The first-order valence-corrected chi connectivity index (χ1v) is 21.3. The number of ether oxygens (including phenoxy) is 1. The first kappa shape index (κ1) is 43.9. The van der Waals surface area contributed by atoms with Crippen LogP contribution in [-0.4, -0.2) is 72.7 Å². The first-order valence-electron chi connectivity index (χ1n) is 15.4. The maximum atomic E-state index is 12.8. The van der Waals surface area contributed by atoms with Crippen LogP contribution in [0, 0.1) is 6.92 Å². The van der Waals surface area contributed by atoms with Crippen LogP contribution in [0.5, 0.6) is 5.75 Å². The van der Waals surface area contributed by atoms with Gasteiger partial charge in [0.1, 0.15) is 44.0 Å². The minimum absolute atomic E-state index is 0.000685. The normalized spacial score (nSPS) is 12.8. The van der Waals surface area contributed by atoms with Crippen molar-refractivity contribution in [2.24, 2.45) is 30.7 Å². The van der Waals surface area contributed by atoms with Gasteiger partial charge in [-0.3, -0.25) is 18.5 Å². The number of nitrogens with zero attached hydrogens (tertiary/aromatic N) is 6. The average molecular weight is 870 g/mol. The number of azo groups is 3. The fourth-order valence-corrected chi connectivity index (χ4v) is 7.42. The Balaban J connectivity index is 1.74. The van der Waals surface area contributed by atoms with Gasteiger partial charge >= 0.3 is 10.4 Å². The summed E-state index contributed by atoms with van der Waals surface area (Å²) in [6.07, 6.45) is 0. The molecule has 1 amide bonds. The number of nitrogen functional groups attached to an aromatic ring is 2. The van der Waals surface area contributed by atoms with E-state index in [9.17, 15) is 47.6 Å². The van der Waals surface area contributed by atoms with Gasteiger partial charge in [0.05, 0.1) is 47.1 Å². The Labute approximate surface area is 324 Å². The maximum Gasteiger partial charge on any atom is 0.397 e. The van der Waals surface area contributed by atoms with E-state index in [1.54, 1.807) is 6.92 Å². The summed E-state index contributed by atoms with van der Waals surface area (Å²) >= 11 is 0. The summed E-state index contributed by atoms with van der Waals surface area (Å²) in [6, 6.07) is 11.9. The van der Waals surface area contributed by atoms with Crippen LogP contribution < -0.4 is 21.5 Å². The van der Waals surface area contributed by atoms with Gasteiger partial charge in [-0.15, -0.1) is 25.6 Å². The number of nitrogens with one attached hydrogen (secondary N) is 1. The molecule has 27 heteroatoms. The number of carbonyl (C=O) groups is 1. The van der Waals surface area contributed by atoms with Gasteiger partial charge in [-0.25, -0.2) is 12.6 Å². The molecule has 0 aliphatic heterocycles. The third-order valence-electron chi connectivity index (χ3n) is 7.17. The molecule has 0 aliphatic carbocycles. The van der Waals surface area contributed by atoms with Gasteiger partial charge < -0.3 is 21.5 Å². The monoisotopic (exact) mass is 869 g/mol. The highest BCUT2D eigenvalue weighted by atomic mass is 32.3. The predicted octanol–water partition coefficient (Wildman–Crippen LogP) is 5.46. The summed E-state index contributed by atoms with van der Waals surface area (Å²) in [5.74, 6) is -1.33. The van der Waals surface area contributed by atoms with E-state index in [1.165, 1.54) is 50.4 Å². The minimum Gasteiger partial charge on any atom is -0.494 e. The number of benzene rings is 4. The van der Waals surface area contributed by atoms with Crippen molar-refractivity contribution in [3.8, 4) is 5.75 Å². The van der Waals surface area contributed by atoms with Gasteiger partial charge in [0, 0.05) is 6.92 Å². The van der Waals surface area contributed by atoms with Crippen LogP contribution in [0.3, 0.4) is 0 Å². The Kier molecular flexibility index (Phi) is 13.2. The fraction of sp³-hybridized carbons (Fsp3) is 0.167. The largest absolute Gasteiger partial charge is 0.494 e. The molecule has 4 aromatic carbocycles. The SMILES string of the molecule is COc1ccc(S(=O)(=O)CCOS(=O)(=O)O)cc1N=Nc1ccc(N=Nc2cc(S(=O)(=O)O)c(N)c(N=Nc3ccc(C)cc3S(=O)(=O)O)c2N)cc1NC(C)=O. The number of rotatable bonds is 15. The molecule has 0 radical (unpaired) electrons. The van der Waals surface area contributed by atoms with Gasteiger partial charge in [-0.1, -0.05) is 6.07 Å². The topological polar surface area (TPSA) is 371 Å². The van der Waals surface area contributed by atoms with Gasteiger partial charge in [0.15, 0.2) is 9.84 Å². The molecule has 8 N–H and O–H groups in total. The molecule has 0 heterocycles. The lowest BCUT2D eigenvalue weighted by molar-refractivity contribution is -0.114. The number of sulfone groups is 1. The van der Waals surface area contributed by atoms with Crippen LogP contribution in [-0.2, 0) is 49.5 Å². The van der Waals surface area contributed by atoms with E-state index in [2.05, 4.69) is 40.2 Å². The van der Waals surface area contributed by atoms with Crippen molar-refractivity contribution in [1.82, 2.24) is 0 Å². The number of nitrogens with two attached hydrogens (primary N) is 2. The molecule has 0 saturated heterocycles. The molecule has 304 valence electrons. The lowest BCUT2D eigenvalue weighted by atomic mass is 10.2. The zero-order valence-electron chi connectivity index (χ0n) is 29.5. The fourth-order valence-electron chi connectivity index (χ4n) is 4.57. The summed E-state index contributed by atoms with van der Waals surface area (Å²) in [5.41, 5.74) is 10.0. The number of amides is 1. The van der Waals surface area contributed by atoms with Gasteiger partial charge in [0.25, 0.3) is 20.2 Å². The minimum atomic E-state index is -5.05. The van der Waals surface area contributed by atoms with Crippen molar-refractivity contribution >= 4 is 97.6 Å². The van der Waals surface area contributed by atoms with Gasteiger partial charge in [-0.2, -0.15) is 30.4 Å². The smallest absolute Gasteiger partial charge is 0.397 e. The Morgan fingerprint density at radius 2 is 1.32 bits per heavy atom. The zero-order chi connectivity index (χ0) is 42.5. The van der Waals surface area contributed by atoms with Crippen molar-refractivity contribution in [1.29, 1.82) is 0 Å². The number of hydrogen-bond acceptors (Lipinski definition) is 19. The van der Waals surface area contributed by atoms with Crippen molar-refractivity contribution in [2.75, 3.05) is 36.3 Å². The first-order chi connectivity index (χ1) is 26.4. The Bertz CT molecular complexity index is 2800. The van der Waals surface area contributed by atoms with E-state index in [0.29, 0.717) is 5.56 Å². The summed E-state index contributed by atoms with van der Waals surface area (Å²) in [7, 11) is -17.6. The lowest BCUT2D eigenvalue weighted by Crippen LogP contribution is -2.15. The number of hydrogen-bond donors (Lipinski definition) is 6. The standard InChI is InChI=1S/C30H31N9O14S4/c1-16-4-7-21(26(12-16)55(43,44)45)36-39-30-28(31)24(15-27(29(30)32)56(46,47)48)38-34-18-5-8-20(22(13-18)33-17(2)40)35-37-23-14-19(6-9-25(23)52-3)54(41,42)11-10-53-57(49,50)51/h4-9,12-15H,10-11,31-32H2,1-3H3,(H,33,40)(H,43,44,45)(H,46,47,48)(H,49,50,51). The second kappa shape index (κ2) is 17.1. The molecule has 4 rings (SSSR count). The molecule has 0 atom stereocenters. The molecule has 4 aromatic rings. The van der Waals surface area contributed by atoms with Gasteiger partial charge in [-0.05, 0) is 67.1 Å². The van der Waals surface area contributed by atoms with E-state index in [0.717, 1.165) is 24.3 Å². The molecule has 0 aliphatic rings. The highest BCUT2D eigenvalue weighted by Gasteiger charge is 2.24. The summed E-state index contributed by atoms with van der Waals surface area (Å²) in [6.45, 7) is 1.85. The Hall–Kier alpha value is -5.81. The lowest BCUT2D eigenvalue weighted by Gasteiger charge is -2.11. The third kappa shape index (κ3) is 11.6. The van der Waals surface area contributed by atoms with Crippen LogP contribution in [0.4, 0.5) is 51.2 Å². The number of carbonyl (C=O) groups excluding carboxylic acids is 1. The molecular weight excluding hydrogens is 839 g/mol. The van der Waals surface area contributed by atoms with Crippen LogP contribution >= 0.6 is 0 Å². The highest BCUT2D eigenvalue weighted by Crippen LogP contribution is 2.44. The van der Waals surface area contributed by atoms with Crippen molar-refractivity contribution in [3.05, 3.63) is 66.2 Å². The molecular formula is C30H31N9O14S4. The molecule has 57 heavy (non-hydrogen) atoms. The van der Waals surface area contributed by atoms with E-state index < -0.39 is 91.3 Å². The van der Waals surface area contributed by atoms with Crippen molar-refractivity contribution < 1.29 is 61.0 Å². The van der Waals surface area contributed by atoms with E-state index in [4.69, 9.17) is 20.8 Å². The zero-order valence-corrected chi connectivity index (χ0v) is 32.8. The summed E-state index contributed by atoms with van der Waals surface area (Å²) in [5, 5.41) is 26.2. The van der Waals surface area contributed by atoms with Crippen molar-refractivity contribution in [2.45, 2.75) is 28.5 Å². The van der Waals surface area contributed by atoms with E-state index in [-0.39, 0.29) is 39.1 Å². The van der Waals surface area contributed by atoms with Crippen LogP contribution in [0.2, 0.25) is 0 Å². The summed E-state index contributed by atoms with van der Waals surface area (Å²) in [4.78, 5) is 10.2. The molecule has 0 spiro atoms. The maximum absolute atomic E-state index is 12.8. The van der Waals surface area contributed by atoms with Gasteiger partial charge in [0.2, 0.25) is 5.91 Å². The van der Waals surface area contributed by atoms with Crippen molar-refractivity contribution in [3.63, 3.8) is 0 Å².